The third-order valence-electron chi connectivity index (χ3n) is 2.82. The van der Waals surface area contributed by atoms with E-state index >= 15 is 0 Å². The van der Waals surface area contributed by atoms with Gasteiger partial charge in [0.1, 0.15) is 6.10 Å². The van der Waals surface area contributed by atoms with Crippen LogP contribution in [0.3, 0.4) is 0 Å². The quantitative estimate of drug-likeness (QED) is 0.830. The van der Waals surface area contributed by atoms with Gasteiger partial charge in [0.2, 0.25) is 0 Å². The number of anilines is 1. The summed E-state index contributed by atoms with van der Waals surface area (Å²) in [5.41, 5.74) is 0.844. The van der Waals surface area contributed by atoms with E-state index in [0.29, 0.717) is 6.61 Å². The molecular weight excluding hydrogens is 246 g/mol. The summed E-state index contributed by atoms with van der Waals surface area (Å²) in [6.45, 7) is 2.87. The molecule has 4 heteroatoms. The van der Waals surface area contributed by atoms with Crippen LogP contribution in [0.25, 0.3) is 0 Å². The molecule has 0 saturated carbocycles. The van der Waals surface area contributed by atoms with Gasteiger partial charge in [-0.05, 0) is 49.3 Å². The lowest BCUT2D eigenvalue weighted by Crippen LogP contribution is -2.26. The van der Waals surface area contributed by atoms with Gasteiger partial charge in [0.15, 0.2) is 0 Å². The van der Waals surface area contributed by atoms with E-state index in [4.69, 9.17) is 4.74 Å². The Morgan fingerprint density at radius 2 is 2.22 bits per heavy atom. The van der Waals surface area contributed by atoms with E-state index in [2.05, 4.69) is 12.2 Å². The molecule has 1 aliphatic rings. The SMILES string of the molecule is CCCSc1ccc(NC(=O)[C@H]2CCCO2)cc1. The highest BCUT2D eigenvalue weighted by Gasteiger charge is 2.23. The van der Waals surface area contributed by atoms with Crippen molar-refractivity contribution in [2.75, 3.05) is 17.7 Å². The molecule has 0 aliphatic carbocycles. The Labute approximate surface area is 112 Å². The van der Waals surface area contributed by atoms with Gasteiger partial charge in [-0.3, -0.25) is 4.79 Å². The van der Waals surface area contributed by atoms with E-state index in [1.165, 1.54) is 11.3 Å². The third-order valence-corrected chi connectivity index (χ3v) is 4.03. The zero-order valence-corrected chi connectivity index (χ0v) is 11.5. The second-order valence-corrected chi connectivity index (χ2v) is 5.53. The Kier molecular flexibility index (Phi) is 5.08. The number of rotatable bonds is 5. The first-order valence-electron chi connectivity index (χ1n) is 6.45. The van der Waals surface area contributed by atoms with Gasteiger partial charge in [-0.15, -0.1) is 11.8 Å². The highest BCUT2D eigenvalue weighted by atomic mass is 32.2. The van der Waals surface area contributed by atoms with Crippen LogP contribution in [0.2, 0.25) is 0 Å². The molecule has 0 spiro atoms. The Morgan fingerprint density at radius 1 is 1.44 bits per heavy atom. The van der Waals surface area contributed by atoms with Gasteiger partial charge >= 0.3 is 0 Å². The Morgan fingerprint density at radius 3 is 2.83 bits per heavy atom. The summed E-state index contributed by atoms with van der Waals surface area (Å²) < 4.78 is 5.35. The van der Waals surface area contributed by atoms with E-state index < -0.39 is 0 Å². The summed E-state index contributed by atoms with van der Waals surface area (Å²) in [5.74, 6) is 1.10. The van der Waals surface area contributed by atoms with Crippen LogP contribution in [0.4, 0.5) is 5.69 Å². The maximum atomic E-state index is 11.8. The minimum absolute atomic E-state index is 0.0264. The lowest BCUT2D eigenvalue weighted by Gasteiger charge is -2.10. The van der Waals surface area contributed by atoms with Crippen LogP contribution < -0.4 is 5.32 Å². The van der Waals surface area contributed by atoms with E-state index in [1.807, 2.05) is 36.0 Å². The van der Waals surface area contributed by atoms with Gasteiger partial charge in [-0.1, -0.05) is 6.92 Å². The standard InChI is InChI=1S/C14H19NO2S/c1-2-10-18-12-7-5-11(6-8-12)15-14(16)13-4-3-9-17-13/h5-8,13H,2-4,9-10H2,1H3,(H,15,16)/t13-/m1/s1. The second kappa shape index (κ2) is 6.81. The Balaban J connectivity index is 1.87. The van der Waals surface area contributed by atoms with E-state index in [9.17, 15) is 4.79 Å². The van der Waals surface area contributed by atoms with Crippen LogP contribution in [0.15, 0.2) is 29.2 Å². The van der Waals surface area contributed by atoms with Crippen LogP contribution in [0.5, 0.6) is 0 Å². The van der Waals surface area contributed by atoms with E-state index in [-0.39, 0.29) is 12.0 Å². The van der Waals surface area contributed by atoms with Gasteiger partial charge in [-0.2, -0.15) is 0 Å². The highest BCUT2D eigenvalue weighted by molar-refractivity contribution is 7.99. The van der Waals surface area contributed by atoms with Gasteiger partial charge in [-0.25, -0.2) is 0 Å². The fourth-order valence-corrected chi connectivity index (χ4v) is 2.63. The number of ether oxygens (including phenoxy) is 1. The molecule has 1 aromatic rings. The predicted molar refractivity (Wildman–Crippen MR) is 75.1 cm³/mol. The van der Waals surface area contributed by atoms with Crippen molar-refractivity contribution < 1.29 is 9.53 Å². The molecule has 1 heterocycles. The molecular formula is C14H19NO2S. The maximum absolute atomic E-state index is 11.8. The first-order valence-corrected chi connectivity index (χ1v) is 7.43. The number of nitrogens with one attached hydrogen (secondary N) is 1. The fraction of sp³-hybridized carbons (Fsp3) is 0.500. The van der Waals surface area contributed by atoms with Gasteiger partial charge < -0.3 is 10.1 Å². The monoisotopic (exact) mass is 265 g/mol. The zero-order valence-electron chi connectivity index (χ0n) is 10.6. The maximum Gasteiger partial charge on any atom is 0.253 e. The lowest BCUT2D eigenvalue weighted by atomic mass is 10.2. The molecule has 1 N–H and O–H groups in total. The fourth-order valence-electron chi connectivity index (χ4n) is 1.86. The summed E-state index contributed by atoms with van der Waals surface area (Å²) in [6, 6.07) is 7.99. The van der Waals surface area contributed by atoms with E-state index in [0.717, 1.165) is 24.3 Å². The first-order chi connectivity index (χ1) is 8.79. The Hall–Kier alpha value is -1.00. The molecule has 2 rings (SSSR count). The van der Waals surface area contributed by atoms with Crippen molar-refractivity contribution in [1.29, 1.82) is 0 Å². The summed E-state index contributed by atoms with van der Waals surface area (Å²) in [6.07, 6.45) is 2.71. The molecule has 1 amide bonds. The number of hydrogen-bond acceptors (Lipinski definition) is 3. The molecule has 1 saturated heterocycles. The van der Waals surface area contributed by atoms with Crippen molar-refractivity contribution in [1.82, 2.24) is 0 Å². The van der Waals surface area contributed by atoms with Crippen molar-refractivity contribution >= 4 is 23.4 Å². The van der Waals surface area contributed by atoms with Gasteiger partial charge in [0.05, 0.1) is 0 Å². The Bertz CT molecular complexity index is 385. The molecule has 3 nitrogen and oxygen atoms in total. The molecule has 18 heavy (non-hydrogen) atoms. The van der Waals surface area contributed by atoms with Crippen LogP contribution in [0, 0.1) is 0 Å². The average Bonchev–Trinajstić information content (AvgIpc) is 2.92. The van der Waals surface area contributed by atoms with Crippen molar-refractivity contribution in [2.24, 2.45) is 0 Å². The summed E-state index contributed by atoms with van der Waals surface area (Å²) in [7, 11) is 0. The highest BCUT2D eigenvalue weighted by Crippen LogP contribution is 2.21. The molecule has 0 unspecified atom stereocenters. The van der Waals surface area contributed by atoms with Crippen molar-refractivity contribution in [2.45, 2.75) is 37.2 Å². The molecule has 1 fully saturated rings. The third kappa shape index (κ3) is 3.75. The van der Waals surface area contributed by atoms with Crippen LogP contribution in [-0.4, -0.2) is 24.4 Å². The molecule has 98 valence electrons. The zero-order chi connectivity index (χ0) is 12.8. The normalized spacial score (nSPS) is 18.8. The number of carbonyl (C=O) groups is 1. The van der Waals surface area contributed by atoms with Crippen LogP contribution in [-0.2, 0) is 9.53 Å². The number of hydrogen-bond donors (Lipinski definition) is 1. The number of carbonyl (C=O) groups excluding carboxylic acids is 1. The lowest BCUT2D eigenvalue weighted by molar-refractivity contribution is -0.124. The number of benzene rings is 1. The van der Waals surface area contributed by atoms with Gasteiger partial charge in [0, 0.05) is 17.2 Å². The molecule has 1 atom stereocenters. The smallest absolute Gasteiger partial charge is 0.253 e. The topological polar surface area (TPSA) is 38.3 Å². The number of amides is 1. The van der Waals surface area contributed by atoms with E-state index in [1.54, 1.807) is 0 Å². The van der Waals surface area contributed by atoms with Crippen molar-refractivity contribution in [3.8, 4) is 0 Å². The van der Waals surface area contributed by atoms with Crippen LogP contribution in [0.1, 0.15) is 26.2 Å². The van der Waals surface area contributed by atoms with Crippen LogP contribution >= 0.6 is 11.8 Å². The first kappa shape index (κ1) is 13.4. The van der Waals surface area contributed by atoms with Crippen molar-refractivity contribution in [3.63, 3.8) is 0 Å². The average molecular weight is 265 g/mol. The largest absolute Gasteiger partial charge is 0.368 e. The van der Waals surface area contributed by atoms with Gasteiger partial charge in [0.25, 0.3) is 5.91 Å². The summed E-state index contributed by atoms with van der Waals surface area (Å²) in [4.78, 5) is 13.1. The predicted octanol–water partition coefficient (Wildman–Crippen LogP) is 3.31. The minimum Gasteiger partial charge on any atom is -0.368 e. The molecule has 0 aromatic heterocycles. The molecule has 0 radical (unpaired) electrons. The van der Waals surface area contributed by atoms with Crippen molar-refractivity contribution in [3.05, 3.63) is 24.3 Å². The second-order valence-electron chi connectivity index (χ2n) is 4.36. The molecule has 1 aromatic carbocycles. The minimum atomic E-state index is -0.265. The molecule has 0 bridgehead atoms. The molecule has 1 aliphatic heterocycles. The number of thioether (sulfide) groups is 1. The summed E-state index contributed by atoms with van der Waals surface area (Å²) >= 11 is 1.84. The summed E-state index contributed by atoms with van der Waals surface area (Å²) in [5, 5.41) is 2.89.